The van der Waals surface area contributed by atoms with Crippen LogP contribution in [0.3, 0.4) is 0 Å². The molecule has 6 nitrogen and oxygen atoms in total. The van der Waals surface area contributed by atoms with Crippen molar-refractivity contribution in [2.75, 3.05) is 25.4 Å². The molecule has 1 fully saturated rings. The third-order valence-corrected chi connectivity index (χ3v) is 4.30. The number of nitrogens with zero attached hydrogens (tertiary/aromatic N) is 4. The van der Waals surface area contributed by atoms with Gasteiger partial charge >= 0.3 is 5.97 Å². The van der Waals surface area contributed by atoms with E-state index in [1.54, 1.807) is 6.33 Å². The van der Waals surface area contributed by atoms with Crippen molar-refractivity contribution in [3.8, 4) is 0 Å². The van der Waals surface area contributed by atoms with Crippen LogP contribution in [0.4, 0.5) is 0 Å². The molecule has 1 N–H and O–H groups in total. The number of aliphatic carboxylic acids is 1. The van der Waals surface area contributed by atoms with Gasteiger partial charge in [-0.25, -0.2) is 0 Å². The molecule has 0 radical (unpaired) electrons. The number of carboxylic acids is 1. The highest BCUT2D eigenvalue weighted by atomic mass is 32.2. The molecule has 0 aliphatic carbocycles. The molecule has 106 valence electrons. The van der Waals surface area contributed by atoms with E-state index < -0.39 is 5.97 Å². The molecule has 19 heavy (non-hydrogen) atoms. The molecule has 1 aromatic heterocycles. The quantitative estimate of drug-likeness (QED) is 0.798. The first-order valence-electron chi connectivity index (χ1n) is 6.67. The van der Waals surface area contributed by atoms with Gasteiger partial charge in [-0.1, -0.05) is 18.7 Å². The van der Waals surface area contributed by atoms with Crippen LogP contribution >= 0.6 is 11.8 Å². The maximum atomic E-state index is 10.6. The first kappa shape index (κ1) is 14.3. The van der Waals surface area contributed by atoms with E-state index in [-0.39, 0.29) is 5.75 Å². The molecule has 0 amide bonds. The number of aromatic nitrogens is 3. The molecule has 1 aliphatic rings. The summed E-state index contributed by atoms with van der Waals surface area (Å²) in [5, 5.41) is 17.4. The van der Waals surface area contributed by atoms with E-state index in [0.717, 1.165) is 37.6 Å². The highest BCUT2D eigenvalue weighted by Crippen LogP contribution is 2.27. The lowest BCUT2D eigenvalue weighted by Gasteiger charge is -2.32. The van der Waals surface area contributed by atoms with Crippen LogP contribution in [0.2, 0.25) is 0 Å². The average molecular weight is 284 g/mol. The third-order valence-electron chi connectivity index (χ3n) is 3.36. The Morgan fingerprint density at radius 1 is 1.53 bits per heavy atom. The summed E-state index contributed by atoms with van der Waals surface area (Å²) in [4.78, 5) is 13.1. The van der Waals surface area contributed by atoms with Crippen LogP contribution in [0.25, 0.3) is 0 Å². The van der Waals surface area contributed by atoms with E-state index in [2.05, 4.69) is 22.0 Å². The van der Waals surface area contributed by atoms with Gasteiger partial charge in [-0.15, -0.1) is 10.2 Å². The molecule has 1 saturated heterocycles. The van der Waals surface area contributed by atoms with E-state index in [1.807, 2.05) is 4.57 Å². The Kier molecular flexibility index (Phi) is 5.21. The van der Waals surface area contributed by atoms with Gasteiger partial charge in [0, 0.05) is 19.1 Å². The van der Waals surface area contributed by atoms with E-state index in [1.165, 1.54) is 18.2 Å². The lowest BCUT2D eigenvalue weighted by molar-refractivity contribution is -0.133. The lowest BCUT2D eigenvalue weighted by Crippen LogP contribution is -2.35. The lowest BCUT2D eigenvalue weighted by atomic mass is 10.1. The minimum absolute atomic E-state index is 0.0351. The molecular formula is C12H20N4O2S. The number of thioether (sulfide) groups is 1. The van der Waals surface area contributed by atoms with Gasteiger partial charge in [0.2, 0.25) is 0 Å². The number of hydrogen-bond donors (Lipinski definition) is 1. The number of likely N-dealkylation sites (tertiary alicyclic amines) is 1. The summed E-state index contributed by atoms with van der Waals surface area (Å²) in [6.07, 6.45) is 5.08. The maximum Gasteiger partial charge on any atom is 0.313 e. The predicted molar refractivity (Wildman–Crippen MR) is 73.4 cm³/mol. The molecular weight excluding hydrogens is 264 g/mol. The van der Waals surface area contributed by atoms with Crippen molar-refractivity contribution in [3.63, 3.8) is 0 Å². The maximum absolute atomic E-state index is 10.6. The third kappa shape index (κ3) is 3.94. The van der Waals surface area contributed by atoms with Crippen LogP contribution in [-0.4, -0.2) is 56.1 Å². The summed E-state index contributed by atoms with van der Waals surface area (Å²) in [5.41, 5.74) is 0. The number of hydrogen-bond acceptors (Lipinski definition) is 5. The van der Waals surface area contributed by atoms with Gasteiger partial charge in [0.15, 0.2) is 5.16 Å². The zero-order chi connectivity index (χ0) is 13.7. The number of carboxylic acid groups (broad SMARTS) is 1. The number of rotatable bonds is 6. The van der Waals surface area contributed by atoms with Crippen LogP contribution in [-0.2, 0) is 4.79 Å². The molecule has 2 heterocycles. The van der Waals surface area contributed by atoms with Crippen LogP contribution < -0.4 is 0 Å². The van der Waals surface area contributed by atoms with Gasteiger partial charge in [-0.05, 0) is 25.8 Å². The Bertz CT molecular complexity index is 416. The Hall–Kier alpha value is -1.08. The fourth-order valence-electron chi connectivity index (χ4n) is 2.45. The van der Waals surface area contributed by atoms with Crippen molar-refractivity contribution in [2.24, 2.45) is 0 Å². The van der Waals surface area contributed by atoms with Gasteiger partial charge in [0.05, 0.1) is 5.75 Å². The zero-order valence-corrected chi connectivity index (χ0v) is 12.0. The summed E-state index contributed by atoms with van der Waals surface area (Å²) in [6.45, 7) is 5.56. The summed E-state index contributed by atoms with van der Waals surface area (Å²) in [6, 6.07) is 0.402. The second-order valence-corrected chi connectivity index (χ2v) is 5.72. The summed E-state index contributed by atoms with van der Waals surface area (Å²) >= 11 is 1.24. The van der Waals surface area contributed by atoms with Crippen molar-refractivity contribution in [2.45, 2.75) is 37.4 Å². The second kappa shape index (κ2) is 6.91. The average Bonchev–Trinajstić information content (AvgIpc) is 2.86. The highest BCUT2D eigenvalue weighted by Gasteiger charge is 2.22. The Labute approximate surface area is 117 Å². The molecule has 0 unspecified atom stereocenters. The Balaban J connectivity index is 1.92. The van der Waals surface area contributed by atoms with Gasteiger partial charge < -0.3 is 14.6 Å². The molecule has 7 heteroatoms. The van der Waals surface area contributed by atoms with Gasteiger partial charge in [0.1, 0.15) is 6.33 Å². The molecule has 1 aliphatic heterocycles. The van der Waals surface area contributed by atoms with Crippen molar-refractivity contribution in [1.82, 2.24) is 19.7 Å². The van der Waals surface area contributed by atoms with Gasteiger partial charge in [-0.2, -0.15) is 0 Å². The summed E-state index contributed by atoms with van der Waals surface area (Å²) < 4.78 is 2.04. The zero-order valence-electron chi connectivity index (χ0n) is 11.2. The van der Waals surface area contributed by atoms with Crippen molar-refractivity contribution in [1.29, 1.82) is 0 Å². The largest absolute Gasteiger partial charge is 0.481 e. The predicted octanol–water partition coefficient (Wildman–Crippen LogP) is 1.50. The SMILES string of the molecule is CCCN1CCC(n2cnnc2SCC(=O)O)CC1. The van der Waals surface area contributed by atoms with E-state index >= 15 is 0 Å². The fourth-order valence-corrected chi connectivity index (χ4v) is 3.15. The standard InChI is InChI=1S/C12H20N4O2S/c1-2-5-15-6-3-10(4-7-15)16-9-13-14-12(16)19-8-11(17)18/h9-10H,2-8H2,1H3,(H,17,18). The van der Waals surface area contributed by atoms with E-state index in [0.29, 0.717) is 6.04 Å². The van der Waals surface area contributed by atoms with Crippen molar-refractivity contribution < 1.29 is 9.90 Å². The molecule has 0 aromatic carbocycles. The summed E-state index contributed by atoms with van der Waals surface area (Å²) in [5.74, 6) is -0.787. The van der Waals surface area contributed by atoms with Crippen LogP contribution in [0.5, 0.6) is 0 Å². The Morgan fingerprint density at radius 2 is 2.26 bits per heavy atom. The van der Waals surface area contributed by atoms with E-state index in [4.69, 9.17) is 5.11 Å². The molecule has 0 atom stereocenters. The fraction of sp³-hybridized carbons (Fsp3) is 0.750. The minimum Gasteiger partial charge on any atom is -0.481 e. The first-order chi connectivity index (χ1) is 9.20. The Morgan fingerprint density at radius 3 is 2.89 bits per heavy atom. The van der Waals surface area contributed by atoms with E-state index in [9.17, 15) is 4.79 Å². The number of carbonyl (C=O) groups is 1. The molecule has 1 aromatic rings. The molecule has 0 spiro atoms. The van der Waals surface area contributed by atoms with Crippen LogP contribution in [0, 0.1) is 0 Å². The molecule has 0 bridgehead atoms. The topological polar surface area (TPSA) is 71.2 Å². The smallest absolute Gasteiger partial charge is 0.313 e. The molecule has 0 saturated carbocycles. The van der Waals surface area contributed by atoms with Crippen LogP contribution in [0.1, 0.15) is 32.2 Å². The minimum atomic E-state index is -0.822. The van der Waals surface area contributed by atoms with Gasteiger partial charge in [-0.3, -0.25) is 4.79 Å². The van der Waals surface area contributed by atoms with Crippen LogP contribution in [0.15, 0.2) is 11.5 Å². The normalized spacial score (nSPS) is 17.7. The first-order valence-corrected chi connectivity index (χ1v) is 7.65. The molecule has 2 rings (SSSR count). The van der Waals surface area contributed by atoms with Crippen molar-refractivity contribution >= 4 is 17.7 Å². The summed E-state index contributed by atoms with van der Waals surface area (Å²) in [7, 11) is 0. The number of piperidine rings is 1. The second-order valence-electron chi connectivity index (χ2n) is 4.78. The monoisotopic (exact) mass is 284 g/mol. The van der Waals surface area contributed by atoms with Crippen molar-refractivity contribution in [3.05, 3.63) is 6.33 Å². The highest BCUT2D eigenvalue weighted by molar-refractivity contribution is 7.99. The van der Waals surface area contributed by atoms with Gasteiger partial charge in [0.25, 0.3) is 0 Å².